The van der Waals surface area contributed by atoms with Gasteiger partial charge in [-0.05, 0) is 40.0 Å². The first-order valence-electron chi connectivity index (χ1n) is 10.6. The third kappa shape index (κ3) is 13.7. The van der Waals surface area contributed by atoms with Crippen molar-refractivity contribution in [2.45, 2.75) is 91.5 Å². The average Bonchev–Trinajstić information content (AvgIpc) is 2.62. The summed E-state index contributed by atoms with van der Waals surface area (Å²) in [4.78, 5) is 11.9. The molecule has 0 rings (SSSR count). The molecular formula is C20H42NO4Si. The predicted molar refractivity (Wildman–Crippen MR) is 110 cm³/mol. The summed E-state index contributed by atoms with van der Waals surface area (Å²) in [5, 5.41) is 3.01. The minimum absolute atomic E-state index is 0.146. The van der Waals surface area contributed by atoms with Crippen LogP contribution in [-0.4, -0.2) is 41.1 Å². The van der Waals surface area contributed by atoms with Crippen LogP contribution in [-0.2, 0) is 18.1 Å². The molecular weight excluding hydrogens is 346 g/mol. The first-order chi connectivity index (χ1) is 12.6. The fraction of sp³-hybridized carbons (Fsp3) is 0.900. The quantitative estimate of drug-likeness (QED) is 0.253. The molecule has 0 spiro atoms. The molecule has 0 unspecified atom stereocenters. The van der Waals surface area contributed by atoms with Crippen molar-refractivity contribution in [1.82, 2.24) is 5.32 Å². The SMILES string of the molecule is CCCCC[CH]CCCCC(=O)NCCC[Si](OCC)(OCC)OCC. The molecule has 0 saturated carbocycles. The highest BCUT2D eigenvalue weighted by Gasteiger charge is 2.39. The van der Waals surface area contributed by atoms with Crippen LogP contribution in [0.4, 0.5) is 0 Å². The molecule has 0 heterocycles. The summed E-state index contributed by atoms with van der Waals surface area (Å²) >= 11 is 0. The fourth-order valence-electron chi connectivity index (χ4n) is 2.88. The fourth-order valence-corrected chi connectivity index (χ4v) is 5.49. The van der Waals surface area contributed by atoms with Gasteiger partial charge in [0.2, 0.25) is 5.91 Å². The van der Waals surface area contributed by atoms with E-state index in [-0.39, 0.29) is 5.91 Å². The number of carbonyl (C=O) groups is 1. The van der Waals surface area contributed by atoms with Crippen LogP contribution in [0.15, 0.2) is 0 Å². The van der Waals surface area contributed by atoms with Gasteiger partial charge >= 0.3 is 8.80 Å². The smallest absolute Gasteiger partial charge is 0.374 e. The first kappa shape index (κ1) is 25.6. The second kappa shape index (κ2) is 18.0. The van der Waals surface area contributed by atoms with Crippen molar-refractivity contribution in [3.8, 4) is 0 Å². The number of nitrogens with one attached hydrogen (secondary N) is 1. The monoisotopic (exact) mass is 388 g/mol. The molecule has 1 amide bonds. The van der Waals surface area contributed by atoms with Crippen LogP contribution in [0.2, 0.25) is 6.04 Å². The predicted octanol–water partition coefficient (Wildman–Crippen LogP) is 4.89. The van der Waals surface area contributed by atoms with E-state index < -0.39 is 8.80 Å². The van der Waals surface area contributed by atoms with Gasteiger partial charge in [0.05, 0.1) is 0 Å². The van der Waals surface area contributed by atoms with Crippen molar-refractivity contribution in [1.29, 1.82) is 0 Å². The van der Waals surface area contributed by atoms with Crippen molar-refractivity contribution < 1.29 is 18.1 Å². The van der Waals surface area contributed by atoms with Crippen LogP contribution in [0, 0.1) is 6.42 Å². The zero-order valence-corrected chi connectivity index (χ0v) is 18.6. The normalized spacial score (nSPS) is 11.7. The number of unbranched alkanes of at least 4 members (excludes halogenated alkanes) is 7. The molecule has 1 radical (unpaired) electrons. The summed E-state index contributed by atoms with van der Waals surface area (Å²) in [6.07, 6.45) is 12.1. The van der Waals surface area contributed by atoms with Gasteiger partial charge in [-0.1, -0.05) is 45.4 Å². The number of hydrogen-bond acceptors (Lipinski definition) is 4. The van der Waals surface area contributed by atoms with Gasteiger partial charge in [-0.2, -0.15) is 0 Å². The van der Waals surface area contributed by atoms with E-state index >= 15 is 0 Å². The Kier molecular flexibility index (Phi) is 17.7. The Morgan fingerprint density at radius 1 is 0.846 bits per heavy atom. The van der Waals surface area contributed by atoms with E-state index in [1.807, 2.05) is 20.8 Å². The Morgan fingerprint density at radius 2 is 1.42 bits per heavy atom. The van der Waals surface area contributed by atoms with Crippen LogP contribution >= 0.6 is 0 Å². The number of rotatable bonds is 19. The molecule has 0 aromatic heterocycles. The molecule has 0 aromatic rings. The highest BCUT2D eigenvalue weighted by Crippen LogP contribution is 2.17. The molecule has 0 aliphatic carbocycles. The van der Waals surface area contributed by atoms with E-state index in [1.54, 1.807) is 0 Å². The van der Waals surface area contributed by atoms with Gasteiger partial charge in [0.1, 0.15) is 0 Å². The average molecular weight is 389 g/mol. The van der Waals surface area contributed by atoms with Gasteiger partial charge < -0.3 is 18.6 Å². The number of hydrogen-bond donors (Lipinski definition) is 1. The lowest BCUT2D eigenvalue weighted by atomic mass is 10.1. The number of amides is 1. The molecule has 5 nitrogen and oxygen atoms in total. The highest BCUT2D eigenvalue weighted by molar-refractivity contribution is 6.60. The summed E-state index contributed by atoms with van der Waals surface area (Å²) in [6.45, 7) is 10.5. The van der Waals surface area contributed by atoms with Crippen molar-refractivity contribution in [3.05, 3.63) is 6.42 Å². The largest absolute Gasteiger partial charge is 0.500 e. The number of carbonyl (C=O) groups excluding carboxylic acids is 1. The molecule has 0 aliphatic rings. The summed E-state index contributed by atoms with van der Waals surface area (Å²) in [5.74, 6) is 0.146. The zero-order valence-electron chi connectivity index (χ0n) is 17.6. The van der Waals surface area contributed by atoms with Crippen LogP contribution in [0.5, 0.6) is 0 Å². The van der Waals surface area contributed by atoms with Crippen LogP contribution < -0.4 is 5.32 Å². The molecule has 1 N–H and O–H groups in total. The molecule has 155 valence electrons. The Morgan fingerprint density at radius 3 is 1.96 bits per heavy atom. The Bertz CT molecular complexity index is 312. The maximum Gasteiger partial charge on any atom is 0.500 e. The maximum absolute atomic E-state index is 11.9. The first-order valence-corrected chi connectivity index (χ1v) is 12.6. The van der Waals surface area contributed by atoms with Crippen LogP contribution in [0.1, 0.15) is 85.5 Å². The van der Waals surface area contributed by atoms with Gasteiger partial charge in [-0.3, -0.25) is 4.79 Å². The minimum Gasteiger partial charge on any atom is -0.374 e. The lowest BCUT2D eigenvalue weighted by molar-refractivity contribution is -0.121. The highest BCUT2D eigenvalue weighted by atomic mass is 28.4. The minimum atomic E-state index is -2.57. The van der Waals surface area contributed by atoms with Gasteiger partial charge in [0.15, 0.2) is 0 Å². The van der Waals surface area contributed by atoms with Gasteiger partial charge in [0, 0.05) is 38.8 Å². The summed E-state index contributed by atoms with van der Waals surface area (Å²) < 4.78 is 17.5. The van der Waals surface area contributed by atoms with E-state index in [9.17, 15) is 4.79 Å². The zero-order chi connectivity index (χ0) is 19.5. The Labute approximate surface area is 162 Å². The molecule has 0 saturated heterocycles. The Hall–Kier alpha value is -0.433. The summed E-state index contributed by atoms with van der Waals surface area (Å²) in [6, 6.07) is 0.746. The van der Waals surface area contributed by atoms with E-state index in [4.69, 9.17) is 13.3 Å². The van der Waals surface area contributed by atoms with E-state index in [2.05, 4.69) is 18.7 Å². The molecule has 6 heteroatoms. The van der Waals surface area contributed by atoms with Crippen molar-refractivity contribution in [2.24, 2.45) is 0 Å². The lowest BCUT2D eigenvalue weighted by Crippen LogP contribution is -2.46. The Balaban J connectivity index is 3.78. The van der Waals surface area contributed by atoms with Crippen LogP contribution in [0.3, 0.4) is 0 Å². The maximum atomic E-state index is 11.9. The summed E-state index contributed by atoms with van der Waals surface area (Å²) in [5.41, 5.74) is 0. The topological polar surface area (TPSA) is 56.8 Å². The van der Waals surface area contributed by atoms with Gasteiger partial charge in [0.25, 0.3) is 0 Å². The molecule has 0 bridgehead atoms. The van der Waals surface area contributed by atoms with E-state index in [0.717, 1.165) is 31.7 Å². The van der Waals surface area contributed by atoms with Crippen molar-refractivity contribution >= 4 is 14.7 Å². The van der Waals surface area contributed by atoms with E-state index in [0.29, 0.717) is 32.8 Å². The second-order valence-corrected chi connectivity index (χ2v) is 9.20. The summed E-state index contributed by atoms with van der Waals surface area (Å²) in [7, 11) is -2.57. The van der Waals surface area contributed by atoms with Crippen molar-refractivity contribution in [2.75, 3.05) is 26.4 Å². The van der Waals surface area contributed by atoms with Gasteiger partial charge in [-0.15, -0.1) is 0 Å². The molecule has 26 heavy (non-hydrogen) atoms. The second-order valence-electron chi connectivity index (χ2n) is 6.47. The standard InChI is InChI=1S/C20H42NO4Si/c1-5-9-10-11-12-13-14-15-17-20(22)21-18-16-19-26(23-6-2,24-7-3)25-8-4/h12H,5-11,13-19H2,1-4H3,(H,21,22). The van der Waals surface area contributed by atoms with Crippen LogP contribution in [0.25, 0.3) is 0 Å². The van der Waals surface area contributed by atoms with Crippen molar-refractivity contribution in [3.63, 3.8) is 0 Å². The molecule has 0 aliphatic heterocycles. The lowest BCUT2D eigenvalue weighted by Gasteiger charge is -2.28. The third-order valence-corrected chi connectivity index (χ3v) is 7.30. The molecule has 0 atom stereocenters. The third-order valence-electron chi connectivity index (χ3n) is 4.15. The van der Waals surface area contributed by atoms with Gasteiger partial charge in [-0.25, -0.2) is 0 Å². The van der Waals surface area contributed by atoms with E-state index in [1.165, 1.54) is 25.7 Å². The molecule has 0 aromatic carbocycles. The molecule has 0 fully saturated rings.